The first kappa shape index (κ1) is 13.6. The summed E-state index contributed by atoms with van der Waals surface area (Å²) in [5, 5.41) is 0. The Hall–Kier alpha value is -1.44. The maximum atomic E-state index is 12.0. The summed E-state index contributed by atoms with van der Waals surface area (Å²) in [5.74, 6) is 0.0923. The molecule has 0 aliphatic carbocycles. The van der Waals surface area contributed by atoms with Crippen molar-refractivity contribution >= 4 is 12.1 Å². The van der Waals surface area contributed by atoms with Gasteiger partial charge < -0.3 is 4.79 Å². The second kappa shape index (κ2) is 7.00. The maximum absolute atomic E-state index is 12.0. The first-order valence-corrected chi connectivity index (χ1v) is 6.19. The molecule has 0 saturated carbocycles. The monoisotopic (exact) mass is 232 g/mol. The van der Waals surface area contributed by atoms with Crippen LogP contribution in [0.3, 0.4) is 0 Å². The summed E-state index contributed by atoms with van der Waals surface area (Å²) in [6.07, 6.45) is 3.44. The summed E-state index contributed by atoms with van der Waals surface area (Å²) in [6.45, 7) is 4.30. The van der Waals surface area contributed by atoms with Crippen LogP contribution < -0.4 is 0 Å². The second-order valence-corrected chi connectivity index (χ2v) is 4.80. The highest BCUT2D eigenvalue weighted by molar-refractivity contribution is 6.05. The van der Waals surface area contributed by atoms with E-state index in [0.717, 1.165) is 19.1 Å². The predicted molar refractivity (Wildman–Crippen MR) is 69.0 cm³/mol. The fourth-order valence-electron chi connectivity index (χ4n) is 1.82. The first-order valence-electron chi connectivity index (χ1n) is 6.19. The van der Waals surface area contributed by atoms with E-state index in [9.17, 15) is 9.59 Å². The molecule has 2 nitrogen and oxygen atoms in total. The topological polar surface area (TPSA) is 34.1 Å². The Labute approximate surface area is 103 Å². The molecule has 0 heterocycles. The van der Waals surface area contributed by atoms with Crippen LogP contribution >= 0.6 is 0 Å². The van der Waals surface area contributed by atoms with Crippen molar-refractivity contribution in [1.29, 1.82) is 0 Å². The molecule has 1 aromatic rings. The Morgan fingerprint density at radius 2 is 1.82 bits per heavy atom. The minimum Gasteiger partial charge on any atom is -0.303 e. The molecule has 1 atom stereocenters. The molecular formula is C15H20O2. The number of ketones is 1. The summed E-state index contributed by atoms with van der Waals surface area (Å²) in [5.41, 5.74) is 0.633. The number of carbonyl (C=O) groups is 2. The first-order chi connectivity index (χ1) is 8.15. The molecule has 2 heteroatoms. The summed E-state index contributed by atoms with van der Waals surface area (Å²) in [6, 6.07) is 9.04. The van der Waals surface area contributed by atoms with Gasteiger partial charge in [0.15, 0.2) is 5.78 Å². The number of Topliss-reactive ketones (excluding diaryl/α,β-unsaturated/α-hetero) is 1. The number of hydrogen-bond acceptors (Lipinski definition) is 2. The Balaban J connectivity index is 2.56. The second-order valence-electron chi connectivity index (χ2n) is 4.80. The van der Waals surface area contributed by atoms with Gasteiger partial charge in [0.05, 0.1) is 5.92 Å². The summed E-state index contributed by atoms with van der Waals surface area (Å²) in [4.78, 5) is 23.0. The van der Waals surface area contributed by atoms with E-state index in [-0.39, 0.29) is 5.78 Å². The highest BCUT2D eigenvalue weighted by Crippen LogP contribution is 2.15. The molecule has 0 spiro atoms. The number of rotatable bonds is 7. The smallest absolute Gasteiger partial charge is 0.173 e. The van der Waals surface area contributed by atoms with Crippen LogP contribution in [0.2, 0.25) is 0 Å². The molecule has 0 radical (unpaired) electrons. The van der Waals surface area contributed by atoms with Crippen LogP contribution in [0.1, 0.15) is 43.5 Å². The third-order valence-electron chi connectivity index (χ3n) is 2.86. The lowest BCUT2D eigenvalue weighted by molar-refractivity contribution is -0.110. The molecule has 0 bridgehead atoms. The SMILES string of the molecule is CC(C)CCCC(C=O)C(=O)c1ccccc1. The summed E-state index contributed by atoms with van der Waals surface area (Å²) >= 11 is 0. The average molecular weight is 232 g/mol. The van der Waals surface area contributed by atoms with Gasteiger partial charge >= 0.3 is 0 Å². The Kier molecular flexibility index (Phi) is 5.61. The van der Waals surface area contributed by atoms with Gasteiger partial charge in [0.1, 0.15) is 6.29 Å². The van der Waals surface area contributed by atoms with Gasteiger partial charge in [0.2, 0.25) is 0 Å². The molecule has 0 fully saturated rings. The third kappa shape index (κ3) is 4.51. The van der Waals surface area contributed by atoms with Crippen molar-refractivity contribution in [3.8, 4) is 0 Å². The zero-order valence-corrected chi connectivity index (χ0v) is 10.6. The molecule has 0 saturated heterocycles. The van der Waals surface area contributed by atoms with Gasteiger partial charge in [0, 0.05) is 5.56 Å². The zero-order valence-electron chi connectivity index (χ0n) is 10.6. The molecule has 0 aliphatic rings. The highest BCUT2D eigenvalue weighted by atomic mass is 16.1. The Morgan fingerprint density at radius 3 is 2.35 bits per heavy atom. The lowest BCUT2D eigenvalue weighted by atomic mass is 9.92. The summed E-state index contributed by atoms with van der Waals surface area (Å²) < 4.78 is 0. The van der Waals surface area contributed by atoms with Crippen LogP contribution in [0.15, 0.2) is 30.3 Å². The maximum Gasteiger partial charge on any atom is 0.173 e. The molecule has 17 heavy (non-hydrogen) atoms. The standard InChI is InChI=1S/C15H20O2/c1-12(2)7-6-10-14(11-16)15(17)13-8-4-3-5-9-13/h3-5,8-9,11-12,14H,6-7,10H2,1-2H3. The Morgan fingerprint density at radius 1 is 1.18 bits per heavy atom. The minimum absolute atomic E-state index is 0.0515. The number of benzene rings is 1. The fraction of sp³-hybridized carbons (Fsp3) is 0.467. The van der Waals surface area contributed by atoms with E-state index in [1.165, 1.54) is 0 Å². The summed E-state index contributed by atoms with van der Waals surface area (Å²) in [7, 11) is 0. The van der Waals surface area contributed by atoms with Crippen LogP contribution in [-0.4, -0.2) is 12.1 Å². The van der Waals surface area contributed by atoms with Gasteiger partial charge in [-0.3, -0.25) is 4.79 Å². The van der Waals surface area contributed by atoms with Crippen LogP contribution in [0.4, 0.5) is 0 Å². The van der Waals surface area contributed by atoms with Crippen molar-refractivity contribution in [2.75, 3.05) is 0 Å². The van der Waals surface area contributed by atoms with Gasteiger partial charge in [-0.2, -0.15) is 0 Å². The molecule has 1 aromatic carbocycles. The third-order valence-corrected chi connectivity index (χ3v) is 2.86. The van der Waals surface area contributed by atoms with E-state index in [2.05, 4.69) is 13.8 Å². The van der Waals surface area contributed by atoms with Crippen molar-refractivity contribution in [3.63, 3.8) is 0 Å². The zero-order chi connectivity index (χ0) is 12.7. The van der Waals surface area contributed by atoms with Gasteiger partial charge in [-0.15, -0.1) is 0 Å². The number of hydrogen-bond donors (Lipinski definition) is 0. The molecule has 1 rings (SSSR count). The van der Waals surface area contributed by atoms with E-state index in [4.69, 9.17) is 0 Å². The van der Waals surface area contributed by atoms with E-state index >= 15 is 0 Å². The van der Waals surface area contributed by atoms with E-state index in [0.29, 0.717) is 17.9 Å². The molecular weight excluding hydrogens is 212 g/mol. The molecule has 1 unspecified atom stereocenters. The molecule has 0 aromatic heterocycles. The lowest BCUT2D eigenvalue weighted by Crippen LogP contribution is -2.16. The number of carbonyl (C=O) groups excluding carboxylic acids is 2. The van der Waals surface area contributed by atoms with Gasteiger partial charge in [-0.05, 0) is 12.3 Å². The minimum atomic E-state index is -0.476. The van der Waals surface area contributed by atoms with E-state index in [1.54, 1.807) is 12.1 Å². The van der Waals surface area contributed by atoms with Gasteiger partial charge in [0.25, 0.3) is 0 Å². The van der Waals surface area contributed by atoms with Crippen molar-refractivity contribution in [1.82, 2.24) is 0 Å². The average Bonchev–Trinajstić information content (AvgIpc) is 2.34. The lowest BCUT2D eigenvalue weighted by Gasteiger charge is -2.10. The quantitative estimate of drug-likeness (QED) is 0.409. The van der Waals surface area contributed by atoms with E-state index < -0.39 is 5.92 Å². The number of aldehydes is 1. The van der Waals surface area contributed by atoms with Crippen molar-refractivity contribution in [2.24, 2.45) is 11.8 Å². The van der Waals surface area contributed by atoms with Gasteiger partial charge in [-0.25, -0.2) is 0 Å². The van der Waals surface area contributed by atoms with E-state index in [1.807, 2.05) is 18.2 Å². The molecule has 0 amide bonds. The van der Waals surface area contributed by atoms with Crippen LogP contribution in [0.5, 0.6) is 0 Å². The van der Waals surface area contributed by atoms with Crippen molar-refractivity contribution < 1.29 is 9.59 Å². The van der Waals surface area contributed by atoms with Crippen molar-refractivity contribution in [2.45, 2.75) is 33.1 Å². The highest BCUT2D eigenvalue weighted by Gasteiger charge is 2.18. The van der Waals surface area contributed by atoms with Crippen LogP contribution in [-0.2, 0) is 4.79 Å². The van der Waals surface area contributed by atoms with Gasteiger partial charge in [-0.1, -0.05) is 57.0 Å². The van der Waals surface area contributed by atoms with Crippen LogP contribution in [0.25, 0.3) is 0 Å². The molecule has 92 valence electrons. The normalized spacial score (nSPS) is 12.4. The molecule has 0 N–H and O–H groups in total. The van der Waals surface area contributed by atoms with Crippen molar-refractivity contribution in [3.05, 3.63) is 35.9 Å². The van der Waals surface area contributed by atoms with Crippen LogP contribution in [0, 0.1) is 11.8 Å². The molecule has 0 aliphatic heterocycles. The fourth-order valence-corrected chi connectivity index (χ4v) is 1.82. The Bertz CT molecular complexity index is 354. The predicted octanol–water partition coefficient (Wildman–Crippen LogP) is 3.51. The largest absolute Gasteiger partial charge is 0.303 e.